The van der Waals surface area contributed by atoms with E-state index in [0.29, 0.717) is 17.3 Å². The predicted molar refractivity (Wildman–Crippen MR) is 74.4 cm³/mol. The normalized spacial score (nSPS) is 18.7. The van der Waals surface area contributed by atoms with E-state index in [-0.39, 0.29) is 18.2 Å². The lowest BCUT2D eigenvalue weighted by atomic mass is 10.2. The van der Waals surface area contributed by atoms with E-state index >= 15 is 0 Å². The molecular formula is C12H12Cl2N2O4. The highest BCUT2D eigenvalue weighted by Crippen LogP contribution is 2.29. The van der Waals surface area contributed by atoms with Crippen molar-refractivity contribution in [3.63, 3.8) is 0 Å². The number of carboxylic acid groups (broad SMARTS) is 1. The van der Waals surface area contributed by atoms with E-state index in [1.54, 1.807) is 18.2 Å². The topological polar surface area (TPSA) is 78.9 Å². The van der Waals surface area contributed by atoms with Gasteiger partial charge in [-0.1, -0.05) is 29.3 Å². The van der Waals surface area contributed by atoms with Crippen LogP contribution in [0.15, 0.2) is 18.2 Å². The number of rotatable bonds is 2. The number of nitrogens with zero attached hydrogens (tertiary/aromatic N) is 1. The molecule has 0 spiro atoms. The zero-order valence-corrected chi connectivity index (χ0v) is 11.8. The Balaban J connectivity index is 2.14. The average molecular weight is 319 g/mol. The van der Waals surface area contributed by atoms with E-state index in [1.807, 2.05) is 0 Å². The number of hydrogen-bond donors (Lipinski definition) is 2. The third kappa shape index (κ3) is 3.15. The van der Waals surface area contributed by atoms with Gasteiger partial charge in [0.1, 0.15) is 0 Å². The second-order valence-corrected chi connectivity index (χ2v) is 4.94. The number of halogens is 2. The largest absolute Gasteiger partial charge is 0.480 e. The Bertz CT molecular complexity index is 538. The van der Waals surface area contributed by atoms with E-state index in [4.69, 9.17) is 33.0 Å². The molecule has 0 radical (unpaired) electrons. The maximum absolute atomic E-state index is 12.1. The van der Waals surface area contributed by atoms with E-state index in [9.17, 15) is 9.59 Å². The number of aliphatic carboxylic acids is 1. The van der Waals surface area contributed by atoms with Crippen molar-refractivity contribution in [1.82, 2.24) is 4.90 Å². The monoisotopic (exact) mass is 318 g/mol. The number of ether oxygens (including phenoxy) is 1. The maximum Gasteiger partial charge on any atom is 0.328 e. The van der Waals surface area contributed by atoms with Crippen LogP contribution in [0.2, 0.25) is 10.0 Å². The molecule has 1 atom stereocenters. The summed E-state index contributed by atoms with van der Waals surface area (Å²) < 4.78 is 5.07. The number of carbonyl (C=O) groups is 2. The maximum atomic E-state index is 12.1. The standard InChI is InChI=1S/C12H12Cl2N2O4/c13-7-2-1-3-8(10(7)14)15-12(19)16-4-5-20-6-9(16)11(17)18/h1-3,9H,4-6H2,(H,15,19)(H,17,18). The van der Waals surface area contributed by atoms with Crippen LogP contribution >= 0.6 is 23.2 Å². The molecule has 1 aliphatic rings. The molecule has 1 aliphatic heterocycles. The number of anilines is 1. The second-order valence-electron chi connectivity index (χ2n) is 4.15. The molecule has 0 saturated carbocycles. The van der Waals surface area contributed by atoms with E-state index in [2.05, 4.69) is 5.32 Å². The first-order chi connectivity index (χ1) is 9.50. The Hall–Kier alpha value is -1.50. The molecule has 108 valence electrons. The van der Waals surface area contributed by atoms with Gasteiger partial charge < -0.3 is 20.1 Å². The van der Waals surface area contributed by atoms with Gasteiger partial charge in [-0.25, -0.2) is 9.59 Å². The van der Waals surface area contributed by atoms with Gasteiger partial charge in [0.15, 0.2) is 6.04 Å². The van der Waals surface area contributed by atoms with Gasteiger partial charge in [0, 0.05) is 6.54 Å². The SMILES string of the molecule is O=C(O)C1COCCN1C(=O)Nc1cccc(Cl)c1Cl. The molecule has 2 amide bonds. The Morgan fingerprint density at radius 3 is 2.85 bits per heavy atom. The molecule has 20 heavy (non-hydrogen) atoms. The summed E-state index contributed by atoms with van der Waals surface area (Å²) in [7, 11) is 0. The molecule has 2 N–H and O–H groups in total. The number of amides is 2. The van der Waals surface area contributed by atoms with Crippen molar-refractivity contribution in [1.29, 1.82) is 0 Å². The number of urea groups is 1. The summed E-state index contributed by atoms with van der Waals surface area (Å²) in [6.45, 7) is 0.452. The first kappa shape index (κ1) is 14.9. The first-order valence-corrected chi connectivity index (χ1v) is 6.58. The number of carbonyl (C=O) groups excluding carboxylic acids is 1. The van der Waals surface area contributed by atoms with Crippen molar-refractivity contribution in [2.45, 2.75) is 6.04 Å². The van der Waals surface area contributed by atoms with Gasteiger partial charge in [0.2, 0.25) is 0 Å². The van der Waals surface area contributed by atoms with Crippen LogP contribution in [0.1, 0.15) is 0 Å². The number of hydrogen-bond acceptors (Lipinski definition) is 3. The highest BCUT2D eigenvalue weighted by molar-refractivity contribution is 6.43. The average Bonchev–Trinajstić information content (AvgIpc) is 2.43. The summed E-state index contributed by atoms with van der Waals surface area (Å²) in [4.78, 5) is 24.4. The number of carboxylic acids is 1. The molecule has 2 rings (SSSR count). The molecule has 1 fully saturated rings. The Morgan fingerprint density at radius 1 is 1.40 bits per heavy atom. The Labute approximate surface area is 125 Å². The summed E-state index contributed by atoms with van der Waals surface area (Å²) in [6, 6.07) is 3.25. The molecule has 1 unspecified atom stereocenters. The third-order valence-electron chi connectivity index (χ3n) is 2.87. The van der Waals surface area contributed by atoms with Crippen molar-refractivity contribution >= 4 is 40.9 Å². The number of benzene rings is 1. The lowest BCUT2D eigenvalue weighted by Crippen LogP contribution is -2.53. The lowest BCUT2D eigenvalue weighted by molar-refractivity contribution is -0.147. The fraction of sp³-hybridized carbons (Fsp3) is 0.333. The minimum Gasteiger partial charge on any atom is -0.480 e. The molecule has 0 aromatic heterocycles. The van der Waals surface area contributed by atoms with Gasteiger partial charge in [-0.05, 0) is 12.1 Å². The highest BCUT2D eigenvalue weighted by atomic mass is 35.5. The predicted octanol–water partition coefficient (Wildman–Crippen LogP) is 2.31. The van der Waals surface area contributed by atoms with Gasteiger partial charge >= 0.3 is 12.0 Å². The molecule has 0 aliphatic carbocycles. The molecule has 0 bridgehead atoms. The lowest BCUT2D eigenvalue weighted by Gasteiger charge is -2.32. The fourth-order valence-corrected chi connectivity index (χ4v) is 2.19. The van der Waals surface area contributed by atoms with E-state index < -0.39 is 18.0 Å². The first-order valence-electron chi connectivity index (χ1n) is 5.83. The second kappa shape index (κ2) is 6.30. The van der Waals surface area contributed by atoms with Gasteiger partial charge in [0.05, 0.1) is 28.9 Å². The fourth-order valence-electron chi connectivity index (χ4n) is 1.84. The molecule has 1 heterocycles. The summed E-state index contributed by atoms with van der Waals surface area (Å²) in [5, 5.41) is 12.1. The molecule has 6 nitrogen and oxygen atoms in total. The van der Waals surface area contributed by atoms with Crippen LogP contribution in [0.4, 0.5) is 10.5 Å². The summed E-state index contributed by atoms with van der Waals surface area (Å²) >= 11 is 11.8. The van der Waals surface area contributed by atoms with Gasteiger partial charge in [-0.3, -0.25) is 0 Å². The van der Waals surface area contributed by atoms with Crippen LogP contribution in [0.3, 0.4) is 0 Å². The van der Waals surface area contributed by atoms with Crippen LogP contribution in [0.25, 0.3) is 0 Å². The van der Waals surface area contributed by atoms with Crippen LogP contribution in [0, 0.1) is 0 Å². The van der Waals surface area contributed by atoms with Crippen LogP contribution in [-0.2, 0) is 9.53 Å². The van der Waals surface area contributed by atoms with Gasteiger partial charge in [0.25, 0.3) is 0 Å². The van der Waals surface area contributed by atoms with Crippen molar-refractivity contribution in [3.8, 4) is 0 Å². The van der Waals surface area contributed by atoms with E-state index in [1.165, 1.54) is 4.90 Å². The molecular weight excluding hydrogens is 307 g/mol. The molecule has 1 saturated heterocycles. The third-order valence-corrected chi connectivity index (χ3v) is 3.69. The Morgan fingerprint density at radius 2 is 2.15 bits per heavy atom. The van der Waals surface area contributed by atoms with Crippen LogP contribution in [0.5, 0.6) is 0 Å². The van der Waals surface area contributed by atoms with Crippen molar-refractivity contribution in [3.05, 3.63) is 28.2 Å². The number of morpholine rings is 1. The summed E-state index contributed by atoms with van der Waals surface area (Å²) in [6.07, 6.45) is 0. The summed E-state index contributed by atoms with van der Waals surface area (Å²) in [5.74, 6) is -1.11. The quantitative estimate of drug-likeness (QED) is 0.877. The zero-order valence-electron chi connectivity index (χ0n) is 10.3. The Kier molecular flexibility index (Phi) is 4.69. The molecule has 8 heteroatoms. The smallest absolute Gasteiger partial charge is 0.328 e. The number of nitrogens with one attached hydrogen (secondary N) is 1. The minimum absolute atomic E-state index is 0.0357. The molecule has 1 aromatic carbocycles. The van der Waals surface area contributed by atoms with E-state index in [0.717, 1.165) is 0 Å². The van der Waals surface area contributed by atoms with Gasteiger partial charge in [-0.2, -0.15) is 0 Å². The zero-order chi connectivity index (χ0) is 14.7. The van der Waals surface area contributed by atoms with Crippen molar-refractivity contribution in [2.24, 2.45) is 0 Å². The van der Waals surface area contributed by atoms with Crippen molar-refractivity contribution in [2.75, 3.05) is 25.1 Å². The van der Waals surface area contributed by atoms with Crippen molar-refractivity contribution < 1.29 is 19.4 Å². The van der Waals surface area contributed by atoms with Crippen LogP contribution in [-0.4, -0.2) is 47.8 Å². The summed E-state index contributed by atoms with van der Waals surface area (Å²) in [5.41, 5.74) is 0.333. The van der Waals surface area contributed by atoms with Crippen LogP contribution < -0.4 is 5.32 Å². The molecule has 1 aromatic rings. The highest BCUT2D eigenvalue weighted by Gasteiger charge is 2.33. The van der Waals surface area contributed by atoms with Gasteiger partial charge in [-0.15, -0.1) is 0 Å². The minimum atomic E-state index is -1.11.